The molecule has 1 aromatic carbocycles. The van der Waals surface area contributed by atoms with E-state index in [4.69, 9.17) is 0 Å². The third-order valence-electron chi connectivity index (χ3n) is 1.27. The average molecular weight is 166 g/mol. The van der Waals surface area contributed by atoms with E-state index in [1.165, 1.54) is 12.1 Å². The maximum atomic E-state index is 12.5. The average Bonchev–Trinajstić information content (AvgIpc) is 1.99. The maximum absolute atomic E-state index is 12.5. The minimum absolute atomic E-state index is 0.384. The molecule has 0 aliphatic rings. The van der Waals surface area contributed by atoms with Crippen molar-refractivity contribution in [2.24, 2.45) is 0 Å². The van der Waals surface area contributed by atoms with Gasteiger partial charge in [0.25, 0.3) is 0 Å². The van der Waals surface area contributed by atoms with Gasteiger partial charge in [0.15, 0.2) is 0 Å². The van der Waals surface area contributed by atoms with E-state index in [2.05, 4.69) is 11.8 Å². The third-order valence-corrected chi connectivity index (χ3v) is 1.27. The van der Waals surface area contributed by atoms with Gasteiger partial charge in [-0.2, -0.15) is 0 Å². The summed E-state index contributed by atoms with van der Waals surface area (Å²) in [7, 11) is 0. The molecule has 0 aliphatic heterocycles. The van der Waals surface area contributed by atoms with Gasteiger partial charge in [-0.05, 0) is 12.1 Å². The number of hydrogen-bond acceptors (Lipinski definition) is 0. The summed E-state index contributed by atoms with van der Waals surface area (Å²) in [4.78, 5) is 0. The predicted octanol–water partition coefficient (Wildman–Crippen LogP) is 2.73. The molecule has 0 amide bonds. The zero-order valence-corrected chi connectivity index (χ0v) is 6.70. The Balaban J connectivity index is 3.01. The maximum Gasteiger partial charge on any atom is 0.127 e. The van der Waals surface area contributed by atoms with Gasteiger partial charge in [0.05, 0.1) is 0 Å². The van der Waals surface area contributed by atoms with E-state index in [1.54, 1.807) is 0 Å². The Morgan fingerprint density at radius 1 is 1.17 bits per heavy atom. The van der Waals surface area contributed by atoms with Gasteiger partial charge < -0.3 is 0 Å². The molecule has 0 fully saturated rings. The molecule has 0 saturated heterocycles. The van der Waals surface area contributed by atoms with Crippen molar-refractivity contribution in [3.8, 4) is 11.8 Å². The van der Waals surface area contributed by atoms with Gasteiger partial charge in [-0.3, -0.25) is 0 Å². The highest BCUT2D eigenvalue weighted by atomic mass is 19.1. The van der Waals surface area contributed by atoms with Gasteiger partial charge >= 0.3 is 0 Å². The lowest BCUT2D eigenvalue weighted by atomic mass is 10.2. The van der Waals surface area contributed by atoms with Crippen LogP contribution in [0.1, 0.15) is 18.9 Å². The van der Waals surface area contributed by atoms with E-state index < -0.39 is 11.6 Å². The van der Waals surface area contributed by atoms with Crippen molar-refractivity contribution in [1.29, 1.82) is 0 Å². The van der Waals surface area contributed by atoms with Crippen LogP contribution in [0.5, 0.6) is 0 Å². The molecule has 2 heteroatoms. The lowest BCUT2D eigenvalue weighted by molar-refractivity contribution is 0.582. The zero-order valence-electron chi connectivity index (χ0n) is 6.70. The Hall–Kier alpha value is -1.36. The first-order chi connectivity index (χ1) is 5.72. The van der Waals surface area contributed by atoms with Crippen LogP contribution in [0.25, 0.3) is 0 Å². The molecule has 0 unspecified atom stereocenters. The molecule has 0 spiro atoms. The first kappa shape index (κ1) is 8.73. The predicted molar refractivity (Wildman–Crippen MR) is 43.5 cm³/mol. The number of benzene rings is 1. The molecule has 0 heterocycles. The van der Waals surface area contributed by atoms with E-state index in [1.807, 2.05) is 6.92 Å². The SMILES string of the molecule is CCC#Cc1cc(F)cc(F)c1. The smallest absolute Gasteiger partial charge is 0.127 e. The van der Waals surface area contributed by atoms with Crippen LogP contribution in [0, 0.1) is 23.5 Å². The zero-order chi connectivity index (χ0) is 8.97. The Kier molecular flexibility index (Phi) is 2.82. The number of rotatable bonds is 0. The molecule has 0 atom stereocenters. The highest BCUT2D eigenvalue weighted by Gasteiger charge is 1.96. The third kappa shape index (κ3) is 2.35. The van der Waals surface area contributed by atoms with Crippen LogP contribution >= 0.6 is 0 Å². The van der Waals surface area contributed by atoms with Gasteiger partial charge in [0.1, 0.15) is 11.6 Å². The van der Waals surface area contributed by atoms with Gasteiger partial charge in [-0.15, -0.1) is 0 Å². The highest BCUT2D eigenvalue weighted by molar-refractivity contribution is 5.34. The van der Waals surface area contributed by atoms with E-state index in [9.17, 15) is 8.78 Å². The molecule has 1 aromatic rings. The van der Waals surface area contributed by atoms with Gasteiger partial charge in [-0.1, -0.05) is 18.8 Å². The first-order valence-corrected chi connectivity index (χ1v) is 3.67. The van der Waals surface area contributed by atoms with Crippen molar-refractivity contribution >= 4 is 0 Å². The minimum atomic E-state index is -0.588. The molecule has 0 nitrogen and oxygen atoms in total. The Morgan fingerprint density at radius 3 is 2.25 bits per heavy atom. The summed E-state index contributed by atoms with van der Waals surface area (Å²) in [5.41, 5.74) is 0.384. The number of halogens is 2. The van der Waals surface area contributed by atoms with Crippen molar-refractivity contribution in [3.63, 3.8) is 0 Å². The summed E-state index contributed by atoms with van der Waals surface area (Å²) in [6, 6.07) is 3.26. The summed E-state index contributed by atoms with van der Waals surface area (Å²) in [5, 5.41) is 0. The summed E-state index contributed by atoms with van der Waals surface area (Å²) in [6.45, 7) is 1.88. The molecular formula is C10H8F2. The van der Waals surface area contributed by atoms with E-state index in [-0.39, 0.29) is 0 Å². The van der Waals surface area contributed by atoms with Crippen LogP contribution in [0.3, 0.4) is 0 Å². The molecule has 12 heavy (non-hydrogen) atoms. The summed E-state index contributed by atoms with van der Waals surface area (Å²) >= 11 is 0. The van der Waals surface area contributed by atoms with E-state index >= 15 is 0 Å². The monoisotopic (exact) mass is 166 g/mol. The standard InChI is InChI=1S/C10H8F2/c1-2-3-4-8-5-9(11)7-10(12)6-8/h5-7H,2H2,1H3. The second-order valence-corrected chi connectivity index (χ2v) is 2.31. The fourth-order valence-corrected chi connectivity index (χ4v) is 0.816. The number of hydrogen-bond donors (Lipinski definition) is 0. The molecule has 1 rings (SSSR count). The highest BCUT2D eigenvalue weighted by Crippen LogP contribution is 2.06. The Morgan fingerprint density at radius 2 is 1.75 bits per heavy atom. The van der Waals surface area contributed by atoms with Crippen LogP contribution in [0.2, 0.25) is 0 Å². The van der Waals surface area contributed by atoms with Crippen molar-refractivity contribution in [1.82, 2.24) is 0 Å². The second kappa shape index (κ2) is 3.87. The van der Waals surface area contributed by atoms with Crippen LogP contribution in [-0.2, 0) is 0 Å². The minimum Gasteiger partial charge on any atom is -0.207 e. The molecule has 62 valence electrons. The first-order valence-electron chi connectivity index (χ1n) is 3.67. The van der Waals surface area contributed by atoms with Crippen molar-refractivity contribution in [2.75, 3.05) is 0 Å². The fraction of sp³-hybridized carbons (Fsp3) is 0.200. The lowest BCUT2D eigenvalue weighted by Crippen LogP contribution is -1.82. The molecule has 0 aromatic heterocycles. The Labute approximate surface area is 70.2 Å². The summed E-state index contributed by atoms with van der Waals surface area (Å²) in [5.74, 6) is 4.21. The second-order valence-electron chi connectivity index (χ2n) is 2.31. The largest absolute Gasteiger partial charge is 0.207 e. The molecular weight excluding hydrogens is 158 g/mol. The van der Waals surface area contributed by atoms with Crippen LogP contribution < -0.4 is 0 Å². The van der Waals surface area contributed by atoms with E-state index in [0.29, 0.717) is 12.0 Å². The molecule has 0 saturated carbocycles. The molecule has 0 radical (unpaired) electrons. The van der Waals surface area contributed by atoms with Gasteiger partial charge in [0.2, 0.25) is 0 Å². The van der Waals surface area contributed by atoms with E-state index in [0.717, 1.165) is 6.07 Å². The molecule has 0 bridgehead atoms. The fourth-order valence-electron chi connectivity index (χ4n) is 0.816. The van der Waals surface area contributed by atoms with Crippen LogP contribution in [-0.4, -0.2) is 0 Å². The molecule has 0 aliphatic carbocycles. The molecule has 0 N–H and O–H groups in total. The topological polar surface area (TPSA) is 0 Å². The Bertz CT molecular complexity index is 311. The van der Waals surface area contributed by atoms with Crippen LogP contribution in [0.15, 0.2) is 18.2 Å². The van der Waals surface area contributed by atoms with Gasteiger partial charge in [-0.25, -0.2) is 8.78 Å². The van der Waals surface area contributed by atoms with Crippen LogP contribution in [0.4, 0.5) is 8.78 Å². The van der Waals surface area contributed by atoms with Crippen molar-refractivity contribution in [2.45, 2.75) is 13.3 Å². The quantitative estimate of drug-likeness (QED) is 0.520. The summed E-state index contributed by atoms with van der Waals surface area (Å²) < 4.78 is 25.1. The van der Waals surface area contributed by atoms with Crippen molar-refractivity contribution < 1.29 is 8.78 Å². The van der Waals surface area contributed by atoms with Gasteiger partial charge in [0, 0.05) is 18.1 Å². The lowest BCUT2D eigenvalue weighted by Gasteiger charge is -1.91. The normalized spacial score (nSPS) is 8.92. The van der Waals surface area contributed by atoms with Crippen molar-refractivity contribution in [3.05, 3.63) is 35.4 Å². The summed E-state index contributed by atoms with van der Waals surface area (Å²) in [6.07, 6.45) is 0.679.